The van der Waals surface area contributed by atoms with E-state index in [4.69, 9.17) is 16.0 Å². The van der Waals surface area contributed by atoms with Crippen molar-refractivity contribution in [3.63, 3.8) is 0 Å². The van der Waals surface area contributed by atoms with Crippen LogP contribution in [-0.2, 0) is 0 Å². The largest absolute Gasteiger partial charge is 0.454 e. The summed E-state index contributed by atoms with van der Waals surface area (Å²) in [6.07, 6.45) is 8.50. The lowest BCUT2D eigenvalue weighted by Crippen LogP contribution is -2.49. The molecule has 6 nitrogen and oxygen atoms in total. The number of hydrogen-bond donors (Lipinski definition) is 2. The van der Waals surface area contributed by atoms with Gasteiger partial charge in [0.1, 0.15) is 17.2 Å². The number of H-pyrrole nitrogens is 1. The third kappa shape index (κ3) is 4.93. The van der Waals surface area contributed by atoms with Crippen molar-refractivity contribution in [1.29, 1.82) is 0 Å². The van der Waals surface area contributed by atoms with Crippen LogP contribution in [0.25, 0.3) is 44.3 Å². The number of allylic oxidation sites excluding steroid dienone is 3. The van der Waals surface area contributed by atoms with Gasteiger partial charge in [-0.05, 0) is 80.4 Å². The molecule has 1 aliphatic rings. The molecule has 1 aliphatic carbocycles. The first-order chi connectivity index (χ1) is 20.6. The molecular weight excluding hydrogens is 565 g/mol. The molecular formula is C35H31ClFN3O3. The molecule has 218 valence electrons. The highest BCUT2D eigenvalue weighted by Crippen LogP contribution is 2.42. The van der Waals surface area contributed by atoms with Crippen LogP contribution in [0, 0.1) is 11.7 Å². The van der Waals surface area contributed by atoms with Crippen molar-refractivity contribution in [2.75, 3.05) is 14.1 Å². The second-order valence-corrected chi connectivity index (χ2v) is 11.8. The van der Waals surface area contributed by atoms with Crippen LogP contribution in [0.5, 0.6) is 0 Å². The Kier molecular flexibility index (Phi) is 7.22. The molecule has 0 saturated heterocycles. The number of fused-ring (bicyclic) bond motifs is 3. The van der Waals surface area contributed by atoms with Crippen molar-refractivity contribution in [2.45, 2.75) is 25.8 Å². The van der Waals surface area contributed by atoms with E-state index in [1.165, 1.54) is 12.1 Å². The molecule has 1 unspecified atom stereocenters. The van der Waals surface area contributed by atoms with Crippen LogP contribution in [0.4, 0.5) is 4.39 Å². The Morgan fingerprint density at radius 1 is 1.07 bits per heavy atom. The summed E-state index contributed by atoms with van der Waals surface area (Å²) in [5.41, 5.74) is 4.01. The minimum Gasteiger partial charge on any atom is -0.454 e. The monoisotopic (exact) mass is 595 g/mol. The highest BCUT2D eigenvalue weighted by molar-refractivity contribution is 6.31. The van der Waals surface area contributed by atoms with E-state index in [0.717, 1.165) is 28.5 Å². The van der Waals surface area contributed by atoms with Crippen LogP contribution in [0.2, 0.25) is 0 Å². The molecule has 0 radical (unpaired) electrons. The van der Waals surface area contributed by atoms with E-state index < -0.39 is 5.54 Å². The van der Waals surface area contributed by atoms with E-state index >= 15 is 0 Å². The number of carbonyl (C=O) groups is 2. The summed E-state index contributed by atoms with van der Waals surface area (Å²) >= 11 is 6.14. The Labute approximate surface area is 253 Å². The zero-order valence-electron chi connectivity index (χ0n) is 24.3. The summed E-state index contributed by atoms with van der Waals surface area (Å²) < 4.78 is 20.0. The maximum absolute atomic E-state index is 13.8. The highest BCUT2D eigenvalue weighted by Gasteiger charge is 2.35. The van der Waals surface area contributed by atoms with Gasteiger partial charge >= 0.3 is 0 Å². The molecule has 0 bridgehead atoms. The molecule has 0 aliphatic heterocycles. The van der Waals surface area contributed by atoms with Crippen molar-refractivity contribution < 1.29 is 18.4 Å². The third-order valence-corrected chi connectivity index (χ3v) is 8.89. The van der Waals surface area contributed by atoms with Crippen LogP contribution in [0.3, 0.4) is 0 Å². The van der Waals surface area contributed by atoms with Gasteiger partial charge in [-0.3, -0.25) is 9.59 Å². The molecule has 2 amide bonds. The number of hydrogen-bond acceptors (Lipinski definition) is 3. The van der Waals surface area contributed by atoms with Crippen LogP contribution in [-0.4, -0.2) is 41.3 Å². The maximum Gasteiger partial charge on any atom is 0.255 e. The summed E-state index contributed by atoms with van der Waals surface area (Å²) in [4.78, 5) is 32.1. The molecule has 2 aromatic heterocycles. The second kappa shape index (κ2) is 10.9. The van der Waals surface area contributed by atoms with Crippen molar-refractivity contribution in [2.24, 2.45) is 5.92 Å². The Hall–Kier alpha value is -4.62. The van der Waals surface area contributed by atoms with Crippen LogP contribution >= 0.6 is 11.6 Å². The fourth-order valence-corrected chi connectivity index (χ4v) is 5.97. The van der Waals surface area contributed by atoms with Crippen molar-refractivity contribution >= 4 is 45.3 Å². The summed E-state index contributed by atoms with van der Waals surface area (Å²) in [7, 11) is 3.39. The lowest BCUT2D eigenvalue weighted by molar-refractivity contribution is 0.0543. The van der Waals surface area contributed by atoms with Gasteiger partial charge in [0, 0.05) is 64.2 Å². The normalized spacial score (nSPS) is 15.1. The molecule has 8 heteroatoms. The topological polar surface area (TPSA) is 78.3 Å². The minimum atomic E-state index is -0.459. The van der Waals surface area contributed by atoms with E-state index in [1.807, 2.05) is 61.8 Å². The molecule has 1 atom stereocenters. The summed E-state index contributed by atoms with van der Waals surface area (Å²) in [5.74, 6) is -0.323. The predicted octanol–water partition coefficient (Wildman–Crippen LogP) is 8.30. The van der Waals surface area contributed by atoms with Gasteiger partial charge in [0.05, 0.1) is 11.1 Å². The predicted molar refractivity (Wildman–Crippen MR) is 170 cm³/mol. The standard InChI is InChI=1S/C35H31ClFN3O3/c1-35(2,23-10-12-24(36)13-11-23)40(4)34(42)22-7-5-6-21(18-22)27-19-28-29(33(41)38-3)31(20-8-14-25(37)15-9-20)43-32(28)26-16-17-39-30(26)27/h5-10,12-19,23,39H,11H2,1-4H3,(H,38,41). The number of furan rings is 1. The molecule has 6 rings (SSSR count). The zero-order chi connectivity index (χ0) is 30.5. The molecule has 0 spiro atoms. The second-order valence-electron chi connectivity index (χ2n) is 11.3. The van der Waals surface area contributed by atoms with Gasteiger partial charge in [0.2, 0.25) is 0 Å². The average Bonchev–Trinajstić information content (AvgIpc) is 3.65. The molecule has 3 aromatic carbocycles. The summed E-state index contributed by atoms with van der Waals surface area (Å²) in [6.45, 7) is 4.12. The number of carbonyl (C=O) groups excluding carboxylic acids is 2. The average molecular weight is 596 g/mol. The van der Waals surface area contributed by atoms with Gasteiger partial charge in [-0.25, -0.2) is 4.39 Å². The van der Waals surface area contributed by atoms with Crippen molar-refractivity contribution in [3.8, 4) is 22.5 Å². The number of amides is 2. The van der Waals surface area contributed by atoms with Crippen molar-refractivity contribution in [3.05, 3.63) is 107 Å². The Morgan fingerprint density at radius 2 is 1.84 bits per heavy atom. The van der Waals surface area contributed by atoms with Crippen LogP contribution in [0.1, 0.15) is 41.0 Å². The molecule has 2 heterocycles. The molecule has 5 aromatic rings. The third-order valence-electron chi connectivity index (χ3n) is 8.61. The van der Waals surface area contributed by atoms with Crippen LogP contribution < -0.4 is 5.32 Å². The van der Waals surface area contributed by atoms with Gasteiger partial charge in [-0.1, -0.05) is 35.9 Å². The van der Waals surface area contributed by atoms with Gasteiger partial charge < -0.3 is 19.6 Å². The maximum atomic E-state index is 13.8. The van der Waals surface area contributed by atoms with E-state index in [1.54, 1.807) is 24.1 Å². The quantitative estimate of drug-likeness (QED) is 0.207. The van der Waals surface area contributed by atoms with Crippen molar-refractivity contribution in [1.82, 2.24) is 15.2 Å². The van der Waals surface area contributed by atoms with E-state index in [0.29, 0.717) is 38.5 Å². The first-order valence-corrected chi connectivity index (χ1v) is 14.4. The Morgan fingerprint density at radius 3 is 2.53 bits per heavy atom. The Balaban J connectivity index is 1.45. The van der Waals surface area contributed by atoms with E-state index in [2.05, 4.69) is 30.2 Å². The number of aromatic amines is 1. The first kappa shape index (κ1) is 28.5. The summed E-state index contributed by atoms with van der Waals surface area (Å²) in [6, 6.07) is 17.2. The van der Waals surface area contributed by atoms with Gasteiger partial charge in [-0.2, -0.15) is 0 Å². The van der Waals surface area contributed by atoms with Gasteiger partial charge in [0.25, 0.3) is 11.8 Å². The fourth-order valence-electron chi connectivity index (χ4n) is 5.80. The van der Waals surface area contributed by atoms with Gasteiger partial charge in [-0.15, -0.1) is 0 Å². The lowest BCUT2D eigenvalue weighted by atomic mass is 9.81. The molecule has 0 fully saturated rings. The number of nitrogens with one attached hydrogen (secondary N) is 2. The number of rotatable bonds is 6. The number of halogens is 2. The lowest BCUT2D eigenvalue weighted by Gasteiger charge is -2.41. The number of aromatic nitrogens is 1. The van der Waals surface area contributed by atoms with E-state index in [-0.39, 0.29) is 23.5 Å². The minimum absolute atomic E-state index is 0.0994. The smallest absolute Gasteiger partial charge is 0.255 e. The number of nitrogens with zero attached hydrogens (tertiary/aromatic N) is 1. The van der Waals surface area contributed by atoms with E-state index in [9.17, 15) is 14.0 Å². The first-order valence-electron chi connectivity index (χ1n) is 14.1. The van der Waals surface area contributed by atoms with Gasteiger partial charge in [0.15, 0.2) is 0 Å². The molecule has 43 heavy (non-hydrogen) atoms. The van der Waals surface area contributed by atoms with Crippen LogP contribution in [0.15, 0.2) is 94.5 Å². The SMILES string of the molecule is CNC(=O)c1c(-c2ccc(F)cc2)oc2c1cc(-c1cccc(C(=O)N(C)C(C)(C)C3C=CC(Cl)=CC3)c1)c1[nH]ccc12. The Bertz CT molecular complexity index is 1950. The number of benzene rings is 3. The summed E-state index contributed by atoms with van der Waals surface area (Å²) in [5, 5.41) is 4.83. The molecule has 0 saturated carbocycles. The zero-order valence-corrected chi connectivity index (χ0v) is 25.1. The fraction of sp³-hybridized carbons (Fsp3) is 0.200. The molecule has 2 N–H and O–H groups in total. The highest BCUT2D eigenvalue weighted by atomic mass is 35.5.